The zero-order valence-corrected chi connectivity index (χ0v) is 22.3. The van der Waals surface area contributed by atoms with Crippen molar-refractivity contribution in [3.8, 4) is 5.75 Å². The van der Waals surface area contributed by atoms with Crippen molar-refractivity contribution in [1.29, 1.82) is 0 Å². The molecular formula is C26H18BrCl2N3O5. The largest absolute Gasteiger partial charge is 0.483 e. The summed E-state index contributed by atoms with van der Waals surface area (Å²) in [6, 6.07) is 15.5. The molecule has 3 aromatic rings. The molecule has 5 amide bonds. The van der Waals surface area contributed by atoms with Crippen LogP contribution in [0.1, 0.15) is 11.1 Å². The van der Waals surface area contributed by atoms with Crippen molar-refractivity contribution in [1.82, 2.24) is 5.32 Å². The van der Waals surface area contributed by atoms with Crippen molar-refractivity contribution in [3.05, 3.63) is 91.9 Å². The molecule has 0 saturated carbocycles. The molecule has 4 rings (SSSR count). The van der Waals surface area contributed by atoms with Gasteiger partial charge in [0.25, 0.3) is 17.7 Å². The Hall–Kier alpha value is -3.66. The Bertz CT molecular complexity index is 1470. The third kappa shape index (κ3) is 6.02. The van der Waals surface area contributed by atoms with E-state index in [0.717, 1.165) is 4.90 Å². The molecule has 0 aliphatic carbocycles. The van der Waals surface area contributed by atoms with Crippen LogP contribution in [0.4, 0.5) is 16.2 Å². The van der Waals surface area contributed by atoms with Gasteiger partial charge in [0.2, 0.25) is 0 Å². The first-order valence-electron chi connectivity index (χ1n) is 10.8. The number of carbonyl (C=O) groups excluding carboxylic acids is 4. The highest BCUT2D eigenvalue weighted by Gasteiger charge is 2.37. The molecule has 1 aliphatic heterocycles. The number of urea groups is 1. The fourth-order valence-corrected chi connectivity index (χ4v) is 4.24. The summed E-state index contributed by atoms with van der Waals surface area (Å²) >= 11 is 15.5. The summed E-state index contributed by atoms with van der Waals surface area (Å²) in [4.78, 5) is 51.8. The van der Waals surface area contributed by atoms with Gasteiger partial charge in [-0.05, 0) is 61.0 Å². The molecule has 37 heavy (non-hydrogen) atoms. The van der Waals surface area contributed by atoms with Gasteiger partial charge in [-0.25, -0.2) is 9.69 Å². The minimum absolute atomic E-state index is 0.230. The number of benzene rings is 3. The first kappa shape index (κ1) is 26.4. The van der Waals surface area contributed by atoms with Crippen LogP contribution in [-0.4, -0.2) is 30.4 Å². The molecule has 2 N–H and O–H groups in total. The van der Waals surface area contributed by atoms with Gasteiger partial charge in [-0.15, -0.1) is 0 Å². The Morgan fingerprint density at radius 2 is 1.84 bits per heavy atom. The van der Waals surface area contributed by atoms with Gasteiger partial charge >= 0.3 is 6.03 Å². The predicted molar refractivity (Wildman–Crippen MR) is 145 cm³/mol. The highest BCUT2D eigenvalue weighted by Crippen LogP contribution is 2.30. The van der Waals surface area contributed by atoms with Crippen molar-refractivity contribution >= 4 is 80.3 Å². The van der Waals surface area contributed by atoms with Gasteiger partial charge in [-0.3, -0.25) is 19.7 Å². The molecule has 1 fully saturated rings. The minimum Gasteiger partial charge on any atom is -0.483 e. The van der Waals surface area contributed by atoms with E-state index >= 15 is 0 Å². The average Bonchev–Trinajstić information content (AvgIpc) is 2.84. The molecule has 8 nitrogen and oxygen atoms in total. The first-order chi connectivity index (χ1) is 17.6. The van der Waals surface area contributed by atoms with Crippen LogP contribution in [0.5, 0.6) is 5.75 Å². The van der Waals surface area contributed by atoms with Crippen LogP contribution >= 0.6 is 39.1 Å². The first-order valence-corrected chi connectivity index (χ1v) is 12.3. The number of imide groups is 2. The second-order valence-electron chi connectivity index (χ2n) is 7.89. The van der Waals surface area contributed by atoms with Gasteiger partial charge in [-0.1, -0.05) is 57.3 Å². The number of halogens is 3. The predicted octanol–water partition coefficient (Wildman–Crippen LogP) is 5.75. The Kier molecular flexibility index (Phi) is 7.97. The zero-order chi connectivity index (χ0) is 26.7. The standard InChI is InChI=1S/C26H18BrCl2N3O5/c1-14-6-8-17(28)12-21(14)32-25(35)18(24(34)31-26(32)36)11-15-10-16(27)7-9-22(15)37-13-23(33)30-20-5-3-2-4-19(20)29/h2-12H,13H2,1H3,(H,30,33)(H,31,34,36)/b18-11+. The molecule has 1 aliphatic rings. The van der Waals surface area contributed by atoms with Gasteiger partial charge < -0.3 is 10.1 Å². The number of amides is 5. The van der Waals surface area contributed by atoms with Crippen molar-refractivity contribution in [2.24, 2.45) is 0 Å². The van der Waals surface area contributed by atoms with Crippen LogP contribution in [0.15, 0.2) is 70.7 Å². The number of rotatable bonds is 6. The zero-order valence-electron chi connectivity index (χ0n) is 19.2. The van der Waals surface area contributed by atoms with Crippen molar-refractivity contribution in [3.63, 3.8) is 0 Å². The van der Waals surface area contributed by atoms with Gasteiger partial charge in [0.1, 0.15) is 11.3 Å². The third-order valence-corrected chi connectivity index (χ3v) is 6.35. The topological polar surface area (TPSA) is 105 Å². The second-order valence-corrected chi connectivity index (χ2v) is 9.65. The summed E-state index contributed by atoms with van der Waals surface area (Å²) < 4.78 is 6.32. The van der Waals surface area contributed by atoms with Crippen LogP contribution in [0.2, 0.25) is 10.0 Å². The van der Waals surface area contributed by atoms with Crippen LogP contribution < -0.4 is 20.3 Å². The van der Waals surface area contributed by atoms with E-state index in [0.29, 0.717) is 31.3 Å². The number of aryl methyl sites for hydroxylation is 1. The fraction of sp³-hybridized carbons (Fsp3) is 0.0769. The molecule has 0 radical (unpaired) electrons. The van der Waals surface area contributed by atoms with Gasteiger partial charge in [0.05, 0.1) is 16.4 Å². The molecule has 1 heterocycles. The summed E-state index contributed by atoms with van der Waals surface area (Å²) in [6.07, 6.45) is 1.29. The Labute approximate surface area is 230 Å². The van der Waals surface area contributed by atoms with Gasteiger partial charge in [0, 0.05) is 15.1 Å². The third-order valence-electron chi connectivity index (χ3n) is 5.29. The quantitative estimate of drug-likeness (QED) is 0.276. The molecule has 3 aromatic carbocycles. The number of barbiturate groups is 1. The molecule has 11 heteroatoms. The van der Waals surface area contributed by atoms with E-state index in [4.69, 9.17) is 27.9 Å². The van der Waals surface area contributed by atoms with E-state index in [1.807, 2.05) is 0 Å². The lowest BCUT2D eigenvalue weighted by atomic mass is 10.0. The van der Waals surface area contributed by atoms with Gasteiger partial charge in [0.15, 0.2) is 6.61 Å². The molecule has 0 aromatic heterocycles. The lowest BCUT2D eigenvalue weighted by Gasteiger charge is -2.27. The van der Waals surface area contributed by atoms with E-state index in [1.165, 1.54) is 12.1 Å². The van der Waals surface area contributed by atoms with E-state index in [1.54, 1.807) is 61.5 Å². The van der Waals surface area contributed by atoms with Crippen LogP contribution in [0.3, 0.4) is 0 Å². The molecule has 188 valence electrons. The molecule has 0 spiro atoms. The molecule has 0 atom stereocenters. The smallest absolute Gasteiger partial charge is 0.335 e. The SMILES string of the molecule is Cc1ccc(Cl)cc1N1C(=O)NC(=O)/C(=C\c2cc(Br)ccc2OCC(=O)Nc2ccccc2Cl)C1=O. The van der Waals surface area contributed by atoms with E-state index in [2.05, 4.69) is 26.6 Å². The lowest BCUT2D eigenvalue weighted by molar-refractivity contribution is -0.122. The Balaban J connectivity index is 1.61. The summed E-state index contributed by atoms with van der Waals surface area (Å²) in [6.45, 7) is 1.34. The van der Waals surface area contributed by atoms with E-state index in [9.17, 15) is 19.2 Å². The fourth-order valence-electron chi connectivity index (χ4n) is 3.51. The van der Waals surface area contributed by atoms with E-state index in [-0.39, 0.29) is 23.6 Å². The summed E-state index contributed by atoms with van der Waals surface area (Å²) in [7, 11) is 0. The number of carbonyl (C=O) groups is 4. The molecule has 1 saturated heterocycles. The number of anilines is 2. The summed E-state index contributed by atoms with van der Waals surface area (Å²) in [5, 5.41) is 5.53. The monoisotopic (exact) mass is 601 g/mol. The number of para-hydroxylation sites is 1. The summed E-state index contributed by atoms with van der Waals surface area (Å²) in [5.41, 5.74) is 1.31. The Morgan fingerprint density at radius 1 is 1.08 bits per heavy atom. The van der Waals surface area contributed by atoms with Crippen LogP contribution in [0, 0.1) is 6.92 Å². The molecule has 0 bridgehead atoms. The lowest BCUT2D eigenvalue weighted by Crippen LogP contribution is -2.54. The highest BCUT2D eigenvalue weighted by molar-refractivity contribution is 9.10. The van der Waals surface area contributed by atoms with Crippen LogP contribution in [-0.2, 0) is 14.4 Å². The number of hydrogen-bond donors (Lipinski definition) is 2. The number of hydrogen-bond acceptors (Lipinski definition) is 5. The Morgan fingerprint density at radius 3 is 2.59 bits per heavy atom. The maximum atomic E-state index is 13.3. The van der Waals surface area contributed by atoms with Crippen molar-refractivity contribution < 1.29 is 23.9 Å². The number of nitrogens with one attached hydrogen (secondary N) is 2. The van der Waals surface area contributed by atoms with Crippen LogP contribution in [0.25, 0.3) is 6.08 Å². The van der Waals surface area contributed by atoms with Crippen molar-refractivity contribution in [2.45, 2.75) is 6.92 Å². The molecule has 0 unspecified atom stereocenters. The number of ether oxygens (including phenoxy) is 1. The normalized spacial score (nSPS) is 14.5. The maximum absolute atomic E-state index is 13.3. The maximum Gasteiger partial charge on any atom is 0.335 e. The van der Waals surface area contributed by atoms with Gasteiger partial charge in [-0.2, -0.15) is 0 Å². The number of nitrogens with zero attached hydrogens (tertiary/aromatic N) is 1. The average molecular weight is 603 g/mol. The highest BCUT2D eigenvalue weighted by atomic mass is 79.9. The second kappa shape index (κ2) is 11.2. The minimum atomic E-state index is -0.889. The molecular weight excluding hydrogens is 585 g/mol. The van der Waals surface area contributed by atoms with E-state index < -0.39 is 23.8 Å². The summed E-state index contributed by atoms with van der Waals surface area (Å²) in [5.74, 6) is -1.93. The van der Waals surface area contributed by atoms with Crippen molar-refractivity contribution in [2.75, 3.05) is 16.8 Å².